The predicted octanol–water partition coefficient (Wildman–Crippen LogP) is 2.09. The number of sulfonamides is 1. The molecule has 0 aliphatic rings. The molecule has 0 saturated heterocycles. The Hall–Kier alpha value is -1.71. The van der Waals surface area contributed by atoms with Crippen LogP contribution in [0.3, 0.4) is 0 Å². The number of hydrogen-bond acceptors (Lipinski definition) is 5. The van der Waals surface area contributed by atoms with Crippen LogP contribution < -0.4 is 15.6 Å². The fraction of sp³-hybridized carbons (Fsp3) is 0.0833. The molecule has 0 spiro atoms. The van der Waals surface area contributed by atoms with Gasteiger partial charge in [0.1, 0.15) is 10.7 Å². The van der Waals surface area contributed by atoms with E-state index in [9.17, 15) is 12.8 Å². The lowest BCUT2D eigenvalue weighted by Crippen LogP contribution is -2.28. The van der Waals surface area contributed by atoms with Crippen molar-refractivity contribution in [1.82, 2.24) is 4.98 Å². The van der Waals surface area contributed by atoms with Gasteiger partial charge >= 0.3 is 0 Å². The largest absolute Gasteiger partial charge is 0.307 e. The summed E-state index contributed by atoms with van der Waals surface area (Å²) in [5, 5.41) is 0. The molecule has 0 saturated carbocycles. The van der Waals surface area contributed by atoms with E-state index in [0.717, 1.165) is 10.4 Å². The molecule has 1 aromatic heterocycles. The fourth-order valence-corrected chi connectivity index (χ4v) is 3.48. The molecule has 0 bridgehead atoms. The van der Waals surface area contributed by atoms with E-state index in [1.54, 1.807) is 0 Å². The second-order valence-electron chi connectivity index (χ2n) is 4.10. The number of halogens is 2. The molecule has 0 fully saturated rings. The molecular formula is C12H12BrFN4O2S. The fourth-order valence-electron chi connectivity index (χ4n) is 1.68. The Morgan fingerprint density at radius 2 is 2.10 bits per heavy atom. The van der Waals surface area contributed by atoms with Crippen LogP contribution in [0.25, 0.3) is 0 Å². The SMILES string of the molecule is CN(c1cccc(F)c1)S(=O)(=O)c1cc(Br)cnc1NN. The number of nitrogen functional groups attached to an aromatic ring is 1. The molecule has 3 N–H and O–H groups in total. The van der Waals surface area contributed by atoms with Gasteiger partial charge in [0.2, 0.25) is 0 Å². The summed E-state index contributed by atoms with van der Waals surface area (Å²) in [6, 6.07) is 6.64. The molecule has 0 unspecified atom stereocenters. The summed E-state index contributed by atoms with van der Waals surface area (Å²) < 4.78 is 39.9. The van der Waals surface area contributed by atoms with Crippen molar-refractivity contribution in [3.63, 3.8) is 0 Å². The monoisotopic (exact) mass is 374 g/mol. The van der Waals surface area contributed by atoms with Gasteiger partial charge in [-0.2, -0.15) is 0 Å². The van der Waals surface area contributed by atoms with Crippen LogP contribution in [0.2, 0.25) is 0 Å². The minimum atomic E-state index is -3.94. The van der Waals surface area contributed by atoms with Gasteiger partial charge in [0.15, 0.2) is 5.82 Å². The van der Waals surface area contributed by atoms with Crippen molar-refractivity contribution in [3.05, 3.63) is 46.8 Å². The van der Waals surface area contributed by atoms with Crippen LogP contribution in [0.1, 0.15) is 0 Å². The van der Waals surface area contributed by atoms with Crippen molar-refractivity contribution in [3.8, 4) is 0 Å². The highest BCUT2D eigenvalue weighted by Crippen LogP contribution is 2.28. The standard InChI is InChI=1S/C12H12BrFN4O2S/c1-18(10-4-2-3-9(14)6-10)21(19,20)11-5-8(13)7-16-12(11)17-15/h2-7H,15H2,1H3,(H,16,17). The summed E-state index contributed by atoms with van der Waals surface area (Å²) in [5.41, 5.74) is 2.43. The number of benzene rings is 1. The third-order valence-corrected chi connectivity index (χ3v) is 5.00. The number of hydrogen-bond donors (Lipinski definition) is 2. The molecule has 0 aliphatic heterocycles. The van der Waals surface area contributed by atoms with Crippen molar-refractivity contribution in [2.45, 2.75) is 4.90 Å². The zero-order valence-corrected chi connectivity index (χ0v) is 13.3. The molecule has 112 valence electrons. The first-order chi connectivity index (χ1) is 9.86. The maximum absolute atomic E-state index is 13.3. The smallest absolute Gasteiger partial charge is 0.267 e. The minimum Gasteiger partial charge on any atom is -0.307 e. The van der Waals surface area contributed by atoms with E-state index in [-0.39, 0.29) is 16.4 Å². The van der Waals surface area contributed by atoms with Gasteiger partial charge in [0, 0.05) is 17.7 Å². The van der Waals surface area contributed by atoms with Gasteiger partial charge in [0.25, 0.3) is 10.0 Å². The average molecular weight is 375 g/mol. The van der Waals surface area contributed by atoms with Crippen LogP contribution in [0, 0.1) is 5.82 Å². The van der Waals surface area contributed by atoms with Crippen molar-refractivity contribution >= 4 is 37.5 Å². The molecule has 0 atom stereocenters. The molecule has 0 amide bonds. The highest BCUT2D eigenvalue weighted by atomic mass is 79.9. The van der Waals surface area contributed by atoms with Gasteiger partial charge in [-0.05, 0) is 40.2 Å². The van der Waals surface area contributed by atoms with Gasteiger partial charge in [-0.25, -0.2) is 23.6 Å². The Labute approximate surface area is 129 Å². The predicted molar refractivity (Wildman–Crippen MR) is 81.7 cm³/mol. The average Bonchev–Trinajstić information content (AvgIpc) is 2.46. The second-order valence-corrected chi connectivity index (χ2v) is 6.95. The molecule has 0 aliphatic carbocycles. The van der Waals surface area contributed by atoms with Gasteiger partial charge in [-0.3, -0.25) is 4.31 Å². The highest BCUT2D eigenvalue weighted by molar-refractivity contribution is 9.10. The quantitative estimate of drug-likeness (QED) is 0.631. The molecule has 1 heterocycles. The minimum absolute atomic E-state index is 0.00135. The Morgan fingerprint density at radius 1 is 1.38 bits per heavy atom. The van der Waals surface area contributed by atoms with E-state index in [2.05, 4.69) is 26.3 Å². The van der Waals surface area contributed by atoms with Gasteiger partial charge in [0.05, 0.1) is 5.69 Å². The van der Waals surface area contributed by atoms with Crippen LogP contribution in [-0.2, 0) is 10.0 Å². The zero-order valence-electron chi connectivity index (χ0n) is 10.9. The number of rotatable bonds is 4. The Bertz CT molecular complexity index is 770. The number of hydrazine groups is 1. The lowest BCUT2D eigenvalue weighted by Gasteiger charge is -2.20. The topological polar surface area (TPSA) is 88.3 Å². The molecular weight excluding hydrogens is 363 g/mol. The molecule has 21 heavy (non-hydrogen) atoms. The first-order valence-electron chi connectivity index (χ1n) is 5.73. The van der Waals surface area contributed by atoms with E-state index < -0.39 is 15.8 Å². The maximum Gasteiger partial charge on any atom is 0.267 e. The van der Waals surface area contributed by atoms with E-state index >= 15 is 0 Å². The molecule has 9 heteroatoms. The van der Waals surface area contributed by atoms with Crippen LogP contribution in [-0.4, -0.2) is 20.4 Å². The highest BCUT2D eigenvalue weighted by Gasteiger charge is 2.26. The number of pyridine rings is 1. The second kappa shape index (κ2) is 5.96. The van der Waals surface area contributed by atoms with Crippen molar-refractivity contribution in [1.29, 1.82) is 0 Å². The van der Waals surface area contributed by atoms with Crippen molar-refractivity contribution in [2.75, 3.05) is 16.8 Å². The molecule has 6 nitrogen and oxygen atoms in total. The lowest BCUT2D eigenvalue weighted by atomic mass is 10.3. The van der Waals surface area contributed by atoms with Crippen molar-refractivity contribution < 1.29 is 12.8 Å². The number of nitrogens with zero attached hydrogens (tertiary/aromatic N) is 2. The van der Waals surface area contributed by atoms with E-state index in [1.165, 1.54) is 37.5 Å². The van der Waals surface area contributed by atoms with Crippen LogP contribution in [0.15, 0.2) is 45.9 Å². The van der Waals surface area contributed by atoms with Crippen LogP contribution in [0.5, 0.6) is 0 Å². The number of anilines is 2. The Balaban J connectivity index is 2.54. The molecule has 0 radical (unpaired) electrons. The number of aromatic nitrogens is 1. The molecule has 2 rings (SSSR count). The Morgan fingerprint density at radius 3 is 2.71 bits per heavy atom. The third kappa shape index (κ3) is 3.14. The van der Waals surface area contributed by atoms with Gasteiger partial charge < -0.3 is 5.43 Å². The summed E-state index contributed by atoms with van der Waals surface area (Å²) in [6.07, 6.45) is 1.41. The van der Waals surface area contributed by atoms with Crippen LogP contribution >= 0.6 is 15.9 Å². The summed E-state index contributed by atoms with van der Waals surface area (Å²) in [5.74, 6) is 4.76. The first kappa shape index (κ1) is 15.7. The summed E-state index contributed by atoms with van der Waals surface area (Å²) >= 11 is 3.16. The summed E-state index contributed by atoms with van der Waals surface area (Å²) in [6.45, 7) is 0. The maximum atomic E-state index is 13.3. The van der Waals surface area contributed by atoms with Gasteiger partial charge in [-0.1, -0.05) is 6.07 Å². The summed E-state index contributed by atoms with van der Waals surface area (Å²) in [4.78, 5) is 3.77. The zero-order chi connectivity index (χ0) is 15.6. The van der Waals surface area contributed by atoms with E-state index in [4.69, 9.17) is 5.84 Å². The molecule has 1 aromatic carbocycles. The Kier molecular flexibility index (Phi) is 4.45. The summed E-state index contributed by atoms with van der Waals surface area (Å²) in [7, 11) is -2.62. The van der Waals surface area contributed by atoms with E-state index in [1.807, 2.05) is 0 Å². The lowest BCUT2D eigenvalue weighted by molar-refractivity contribution is 0.594. The third-order valence-electron chi connectivity index (χ3n) is 2.77. The first-order valence-corrected chi connectivity index (χ1v) is 7.96. The number of nitrogens with one attached hydrogen (secondary N) is 1. The van der Waals surface area contributed by atoms with Crippen LogP contribution in [0.4, 0.5) is 15.9 Å². The normalized spacial score (nSPS) is 11.2. The molecule has 2 aromatic rings. The van der Waals surface area contributed by atoms with E-state index in [0.29, 0.717) is 4.47 Å². The van der Waals surface area contributed by atoms with Crippen molar-refractivity contribution in [2.24, 2.45) is 5.84 Å². The number of nitrogens with two attached hydrogens (primary N) is 1. The van der Waals surface area contributed by atoms with Gasteiger partial charge in [-0.15, -0.1) is 0 Å².